The lowest BCUT2D eigenvalue weighted by molar-refractivity contribution is 0.0696. The first kappa shape index (κ1) is 23.8. The first-order chi connectivity index (χ1) is 17.4. The summed E-state index contributed by atoms with van der Waals surface area (Å²) in [5.41, 5.74) is 1.81. The highest BCUT2D eigenvalue weighted by Crippen LogP contribution is 2.39. The van der Waals surface area contributed by atoms with Gasteiger partial charge in [-0.1, -0.05) is 42.5 Å². The summed E-state index contributed by atoms with van der Waals surface area (Å²) in [7, 11) is 0. The van der Waals surface area contributed by atoms with Crippen molar-refractivity contribution < 1.29 is 23.4 Å². The van der Waals surface area contributed by atoms with E-state index in [2.05, 4.69) is 42.6 Å². The second-order valence-electron chi connectivity index (χ2n) is 9.00. The first-order valence-corrected chi connectivity index (χ1v) is 11.9. The van der Waals surface area contributed by atoms with E-state index >= 15 is 0 Å². The summed E-state index contributed by atoms with van der Waals surface area (Å²) in [6.45, 7) is 3.10. The molecule has 0 aromatic heterocycles. The van der Waals surface area contributed by atoms with Gasteiger partial charge in [-0.25, -0.2) is 13.6 Å². The van der Waals surface area contributed by atoms with E-state index in [0.717, 1.165) is 6.07 Å². The summed E-state index contributed by atoms with van der Waals surface area (Å²) in [6, 6.07) is 22.4. The number of rotatable bonds is 7. The second kappa shape index (κ2) is 9.95. The van der Waals surface area contributed by atoms with Gasteiger partial charge in [0.15, 0.2) is 0 Å². The van der Waals surface area contributed by atoms with Crippen LogP contribution < -0.4 is 15.0 Å². The van der Waals surface area contributed by atoms with E-state index in [0.29, 0.717) is 36.6 Å². The predicted molar refractivity (Wildman–Crippen MR) is 136 cm³/mol. The Morgan fingerprint density at radius 3 is 2.69 bits per heavy atom. The number of benzene rings is 4. The third-order valence-corrected chi connectivity index (χ3v) is 6.54. The van der Waals surface area contributed by atoms with Crippen LogP contribution in [0.4, 0.5) is 20.2 Å². The van der Waals surface area contributed by atoms with Crippen LogP contribution in [0.3, 0.4) is 0 Å². The zero-order chi connectivity index (χ0) is 25.2. The number of hydrogen-bond acceptors (Lipinski definition) is 4. The third-order valence-electron chi connectivity index (χ3n) is 6.54. The van der Waals surface area contributed by atoms with Crippen molar-refractivity contribution in [2.45, 2.75) is 25.5 Å². The molecule has 0 radical (unpaired) electrons. The second-order valence-corrected chi connectivity index (χ2v) is 9.00. The van der Waals surface area contributed by atoms with Crippen molar-refractivity contribution in [2.24, 2.45) is 0 Å². The van der Waals surface area contributed by atoms with E-state index < -0.39 is 17.6 Å². The van der Waals surface area contributed by atoms with Crippen LogP contribution in [0.1, 0.15) is 35.3 Å². The number of nitrogens with zero attached hydrogens (tertiary/aromatic N) is 1. The molecule has 0 aliphatic carbocycles. The SMILES string of the molecule is C[C@@H](NCCC1CN(c2cc(F)cc(C(=O)O)c2)c2cc(F)ccc2O1)c1cccc2ccccc12. The van der Waals surface area contributed by atoms with E-state index in [1.54, 1.807) is 11.0 Å². The highest BCUT2D eigenvalue weighted by atomic mass is 19.1. The van der Waals surface area contributed by atoms with Gasteiger partial charge in [0.05, 0.1) is 17.8 Å². The van der Waals surface area contributed by atoms with Gasteiger partial charge >= 0.3 is 5.97 Å². The number of ether oxygens (including phenoxy) is 1. The van der Waals surface area contributed by atoms with Crippen LogP contribution >= 0.6 is 0 Å². The summed E-state index contributed by atoms with van der Waals surface area (Å²) in [4.78, 5) is 13.2. The Labute approximate surface area is 207 Å². The van der Waals surface area contributed by atoms with Gasteiger partial charge in [-0.2, -0.15) is 0 Å². The molecule has 0 saturated carbocycles. The number of anilines is 2. The average Bonchev–Trinajstić information content (AvgIpc) is 2.87. The highest BCUT2D eigenvalue weighted by molar-refractivity contribution is 5.89. The number of carboxylic acids is 1. The molecule has 7 heteroatoms. The monoisotopic (exact) mass is 488 g/mol. The van der Waals surface area contributed by atoms with Crippen LogP contribution in [-0.4, -0.2) is 30.3 Å². The van der Waals surface area contributed by atoms with Crippen LogP contribution in [0.25, 0.3) is 10.8 Å². The zero-order valence-corrected chi connectivity index (χ0v) is 19.7. The van der Waals surface area contributed by atoms with E-state index in [4.69, 9.17) is 4.74 Å². The third kappa shape index (κ3) is 4.88. The molecule has 5 rings (SSSR count). The first-order valence-electron chi connectivity index (χ1n) is 11.9. The molecule has 0 fully saturated rings. The standard InChI is InChI=1S/C29H26F2N2O3/c1-18(25-8-4-6-19-5-2-3-7-26(19)25)32-12-11-24-17-33(27-16-21(30)9-10-28(27)36-24)23-14-20(29(34)35)13-22(31)15-23/h2-10,13-16,18,24,32H,11-12,17H2,1H3,(H,34,35)/t18-,24?/m1/s1. The van der Waals surface area contributed by atoms with Crippen LogP contribution in [-0.2, 0) is 0 Å². The fourth-order valence-corrected chi connectivity index (χ4v) is 4.77. The lowest BCUT2D eigenvalue weighted by Crippen LogP contribution is -2.39. The lowest BCUT2D eigenvalue weighted by Gasteiger charge is -2.36. The molecular formula is C29H26F2N2O3. The molecule has 2 atom stereocenters. The van der Waals surface area contributed by atoms with E-state index in [-0.39, 0.29) is 17.7 Å². The van der Waals surface area contributed by atoms with E-state index in [9.17, 15) is 18.7 Å². The largest absolute Gasteiger partial charge is 0.486 e. The Hall–Kier alpha value is -3.97. The van der Waals surface area contributed by atoms with Gasteiger partial charge in [-0.05, 0) is 66.6 Å². The fraction of sp³-hybridized carbons (Fsp3) is 0.207. The molecule has 0 spiro atoms. The molecule has 1 aliphatic heterocycles. The minimum atomic E-state index is -1.23. The predicted octanol–water partition coefficient (Wildman–Crippen LogP) is 6.46. The molecule has 0 bridgehead atoms. The maximum Gasteiger partial charge on any atom is 0.335 e. The van der Waals surface area contributed by atoms with E-state index in [1.807, 2.05) is 12.1 Å². The van der Waals surface area contributed by atoms with Crippen molar-refractivity contribution in [1.82, 2.24) is 5.32 Å². The number of hydrogen-bond donors (Lipinski definition) is 2. The number of carbonyl (C=O) groups is 1. The summed E-state index contributed by atoms with van der Waals surface area (Å²) >= 11 is 0. The Morgan fingerprint density at radius 1 is 1.06 bits per heavy atom. The summed E-state index contributed by atoms with van der Waals surface area (Å²) < 4.78 is 34.5. The van der Waals surface area contributed by atoms with Crippen molar-refractivity contribution in [2.75, 3.05) is 18.0 Å². The van der Waals surface area contributed by atoms with Crippen molar-refractivity contribution in [1.29, 1.82) is 0 Å². The Morgan fingerprint density at radius 2 is 1.86 bits per heavy atom. The Kier molecular flexibility index (Phi) is 6.57. The fourth-order valence-electron chi connectivity index (χ4n) is 4.77. The summed E-state index contributed by atoms with van der Waals surface area (Å²) in [5.74, 6) is -1.89. The van der Waals surface area contributed by atoms with E-state index in [1.165, 1.54) is 40.6 Å². The number of aromatic carboxylic acids is 1. The van der Waals surface area contributed by atoms with Gasteiger partial charge in [-0.15, -0.1) is 0 Å². The number of nitrogens with one attached hydrogen (secondary N) is 1. The van der Waals surface area contributed by atoms with Crippen LogP contribution in [0.15, 0.2) is 78.9 Å². The minimum Gasteiger partial charge on any atom is -0.486 e. The maximum atomic E-state index is 14.3. The van der Waals surface area contributed by atoms with Crippen molar-refractivity contribution >= 4 is 28.1 Å². The molecule has 1 heterocycles. The van der Waals surface area contributed by atoms with Gasteiger partial charge < -0.3 is 20.1 Å². The molecule has 2 N–H and O–H groups in total. The maximum absolute atomic E-state index is 14.3. The number of halogens is 2. The zero-order valence-electron chi connectivity index (χ0n) is 19.7. The van der Waals surface area contributed by atoms with Crippen LogP contribution in [0.5, 0.6) is 5.75 Å². The minimum absolute atomic E-state index is 0.110. The molecule has 0 saturated heterocycles. The van der Waals surface area contributed by atoms with Crippen LogP contribution in [0, 0.1) is 11.6 Å². The molecule has 1 unspecified atom stereocenters. The normalized spacial score (nSPS) is 15.9. The smallest absolute Gasteiger partial charge is 0.335 e. The van der Waals surface area contributed by atoms with Gasteiger partial charge in [0, 0.05) is 17.8 Å². The molecule has 5 nitrogen and oxygen atoms in total. The lowest BCUT2D eigenvalue weighted by atomic mass is 9.99. The number of carboxylic acid groups (broad SMARTS) is 1. The van der Waals surface area contributed by atoms with Gasteiger partial charge in [0.25, 0.3) is 0 Å². The Balaban J connectivity index is 1.34. The number of fused-ring (bicyclic) bond motifs is 2. The van der Waals surface area contributed by atoms with Crippen molar-refractivity contribution in [3.8, 4) is 5.75 Å². The van der Waals surface area contributed by atoms with Crippen molar-refractivity contribution in [3.63, 3.8) is 0 Å². The summed E-state index contributed by atoms with van der Waals surface area (Å²) in [6.07, 6.45) is 0.371. The molecule has 184 valence electrons. The molecule has 36 heavy (non-hydrogen) atoms. The molecule has 1 aliphatic rings. The van der Waals surface area contributed by atoms with Crippen LogP contribution in [0.2, 0.25) is 0 Å². The van der Waals surface area contributed by atoms with Gasteiger partial charge in [-0.3, -0.25) is 0 Å². The molecule has 4 aromatic carbocycles. The molecule has 4 aromatic rings. The molecular weight excluding hydrogens is 462 g/mol. The van der Waals surface area contributed by atoms with Crippen molar-refractivity contribution in [3.05, 3.63) is 102 Å². The Bertz CT molecular complexity index is 1420. The average molecular weight is 489 g/mol. The quantitative estimate of drug-likeness (QED) is 0.313. The summed E-state index contributed by atoms with van der Waals surface area (Å²) in [5, 5.41) is 15.3. The highest BCUT2D eigenvalue weighted by Gasteiger charge is 2.28. The topological polar surface area (TPSA) is 61.8 Å². The van der Waals surface area contributed by atoms with Gasteiger partial charge in [0.2, 0.25) is 0 Å². The molecule has 0 amide bonds. The van der Waals surface area contributed by atoms with Gasteiger partial charge in [0.1, 0.15) is 23.5 Å².